The van der Waals surface area contributed by atoms with Crippen LogP contribution in [-0.2, 0) is 6.42 Å². The van der Waals surface area contributed by atoms with E-state index in [1.54, 1.807) is 6.20 Å². The Hall–Kier alpha value is -2.17. The first kappa shape index (κ1) is 14.8. The first-order valence-corrected chi connectivity index (χ1v) is 7.88. The van der Waals surface area contributed by atoms with Crippen molar-refractivity contribution < 1.29 is 9.32 Å². The lowest BCUT2D eigenvalue weighted by molar-refractivity contribution is 0.0608. The molecule has 0 saturated carbocycles. The Kier molecular flexibility index (Phi) is 4.22. The Balaban J connectivity index is 1.94. The average molecular weight is 299 g/mol. The van der Waals surface area contributed by atoms with Crippen LogP contribution in [0.5, 0.6) is 0 Å². The zero-order chi connectivity index (χ0) is 15.5. The lowest BCUT2D eigenvalue weighted by atomic mass is 9.95. The van der Waals surface area contributed by atoms with Crippen molar-refractivity contribution in [2.75, 3.05) is 6.54 Å². The maximum atomic E-state index is 13.1. The zero-order valence-corrected chi connectivity index (χ0v) is 13.1. The van der Waals surface area contributed by atoms with E-state index in [1.165, 1.54) is 0 Å². The number of likely N-dealkylation sites (tertiary alicyclic amines) is 1. The molecule has 5 nitrogen and oxygen atoms in total. The Morgan fingerprint density at radius 2 is 2.32 bits per heavy atom. The van der Waals surface area contributed by atoms with Gasteiger partial charge >= 0.3 is 0 Å². The maximum absolute atomic E-state index is 13.1. The summed E-state index contributed by atoms with van der Waals surface area (Å²) in [5.74, 6) is 0.640. The number of nitrogens with zero attached hydrogens (tertiary/aromatic N) is 3. The molecular weight excluding hydrogens is 278 g/mol. The number of aromatic nitrogens is 2. The molecule has 22 heavy (non-hydrogen) atoms. The van der Waals surface area contributed by atoms with Gasteiger partial charge in [0, 0.05) is 18.9 Å². The van der Waals surface area contributed by atoms with Gasteiger partial charge in [-0.3, -0.25) is 9.78 Å². The standard InChI is InChI=1S/C17H21N3O2/c1-3-14-16(12(2)22-19-14)17(21)20-10-5-4-8-15(20)13-7-6-9-18-11-13/h6-7,9,11,15H,3-5,8,10H2,1-2H3. The predicted molar refractivity (Wildman–Crippen MR) is 82.5 cm³/mol. The largest absolute Gasteiger partial charge is 0.361 e. The molecular formula is C17H21N3O2. The summed E-state index contributed by atoms with van der Waals surface area (Å²) in [5, 5.41) is 4.01. The molecule has 2 aromatic heterocycles. The monoisotopic (exact) mass is 299 g/mol. The number of rotatable bonds is 3. The summed E-state index contributed by atoms with van der Waals surface area (Å²) in [7, 11) is 0. The van der Waals surface area contributed by atoms with Crippen LogP contribution in [0, 0.1) is 6.92 Å². The van der Waals surface area contributed by atoms with Gasteiger partial charge in [0.1, 0.15) is 11.3 Å². The van der Waals surface area contributed by atoms with Crippen molar-refractivity contribution in [3.05, 3.63) is 47.1 Å². The van der Waals surface area contributed by atoms with Crippen LogP contribution in [0.25, 0.3) is 0 Å². The van der Waals surface area contributed by atoms with Crippen LogP contribution in [0.1, 0.15) is 59.6 Å². The second-order valence-corrected chi connectivity index (χ2v) is 5.71. The highest BCUT2D eigenvalue weighted by molar-refractivity contribution is 5.96. The third kappa shape index (κ3) is 2.63. The lowest BCUT2D eigenvalue weighted by Crippen LogP contribution is -2.39. The van der Waals surface area contributed by atoms with Crippen molar-refractivity contribution in [1.29, 1.82) is 0 Å². The Morgan fingerprint density at radius 1 is 1.45 bits per heavy atom. The highest BCUT2D eigenvalue weighted by Crippen LogP contribution is 2.32. The number of carbonyl (C=O) groups is 1. The molecule has 1 unspecified atom stereocenters. The van der Waals surface area contributed by atoms with E-state index in [0.29, 0.717) is 17.7 Å². The van der Waals surface area contributed by atoms with Crippen LogP contribution >= 0.6 is 0 Å². The van der Waals surface area contributed by atoms with E-state index < -0.39 is 0 Å². The predicted octanol–water partition coefficient (Wildman–Crippen LogP) is 3.31. The zero-order valence-electron chi connectivity index (χ0n) is 13.1. The molecule has 0 aromatic carbocycles. The summed E-state index contributed by atoms with van der Waals surface area (Å²) in [5.41, 5.74) is 2.49. The number of piperidine rings is 1. The molecule has 0 spiro atoms. The van der Waals surface area contributed by atoms with Crippen LogP contribution < -0.4 is 0 Å². The minimum Gasteiger partial charge on any atom is -0.361 e. The molecule has 2 aromatic rings. The summed E-state index contributed by atoms with van der Waals surface area (Å²) in [6, 6.07) is 4.06. The second-order valence-electron chi connectivity index (χ2n) is 5.71. The van der Waals surface area contributed by atoms with Crippen molar-refractivity contribution in [3.8, 4) is 0 Å². The van der Waals surface area contributed by atoms with Crippen LogP contribution in [0.3, 0.4) is 0 Å². The summed E-state index contributed by atoms with van der Waals surface area (Å²) in [4.78, 5) is 19.2. The average Bonchev–Trinajstić information content (AvgIpc) is 2.96. The van der Waals surface area contributed by atoms with Gasteiger partial charge in [-0.1, -0.05) is 18.1 Å². The summed E-state index contributed by atoms with van der Waals surface area (Å²) >= 11 is 0. The SMILES string of the molecule is CCc1noc(C)c1C(=O)N1CCCCC1c1cccnc1. The summed E-state index contributed by atoms with van der Waals surface area (Å²) in [6.45, 7) is 4.57. The van der Waals surface area contributed by atoms with E-state index in [9.17, 15) is 4.79 Å². The van der Waals surface area contributed by atoms with Crippen molar-refractivity contribution in [1.82, 2.24) is 15.0 Å². The van der Waals surface area contributed by atoms with Gasteiger partial charge in [0.25, 0.3) is 5.91 Å². The smallest absolute Gasteiger partial charge is 0.259 e. The maximum Gasteiger partial charge on any atom is 0.259 e. The molecule has 116 valence electrons. The van der Waals surface area contributed by atoms with Crippen LogP contribution in [0.4, 0.5) is 0 Å². The van der Waals surface area contributed by atoms with Gasteiger partial charge in [-0.15, -0.1) is 0 Å². The second kappa shape index (κ2) is 6.30. The van der Waals surface area contributed by atoms with Gasteiger partial charge in [0.15, 0.2) is 0 Å². The Morgan fingerprint density at radius 3 is 3.05 bits per heavy atom. The first-order chi connectivity index (χ1) is 10.7. The molecule has 1 aliphatic rings. The van der Waals surface area contributed by atoms with E-state index in [1.807, 2.05) is 37.1 Å². The molecule has 0 bridgehead atoms. The highest BCUT2D eigenvalue weighted by Gasteiger charge is 2.32. The van der Waals surface area contributed by atoms with Gasteiger partial charge in [0.05, 0.1) is 11.7 Å². The molecule has 3 heterocycles. The van der Waals surface area contributed by atoms with E-state index in [0.717, 1.165) is 37.1 Å². The van der Waals surface area contributed by atoms with Crippen LogP contribution in [0.15, 0.2) is 29.0 Å². The molecule has 0 aliphatic carbocycles. The highest BCUT2D eigenvalue weighted by atomic mass is 16.5. The quantitative estimate of drug-likeness (QED) is 0.872. The normalized spacial score (nSPS) is 18.5. The molecule has 1 amide bonds. The van der Waals surface area contributed by atoms with Crippen molar-refractivity contribution in [2.45, 2.75) is 45.6 Å². The van der Waals surface area contributed by atoms with Crippen molar-refractivity contribution in [2.24, 2.45) is 0 Å². The Bertz CT molecular complexity index is 651. The number of carbonyl (C=O) groups excluding carboxylic acids is 1. The summed E-state index contributed by atoms with van der Waals surface area (Å²) in [6.07, 6.45) is 7.46. The lowest BCUT2D eigenvalue weighted by Gasteiger charge is -2.36. The Labute approximate surface area is 130 Å². The van der Waals surface area contributed by atoms with Gasteiger partial charge < -0.3 is 9.42 Å². The third-order valence-electron chi connectivity index (χ3n) is 4.32. The number of hydrogen-bond donors (Lipinski definition) is 0. The van der Waals surface area contributed by atoms with Gasteiger partial charge in [-0.25, -0.2) is 0 Å². The molecule has 0 radical (unpaired) electrons. The van der Waals surface area contributed by atoms with Gasteiger partial charge in [-0.2, -0.15) is 0 Å². The van der Waals surface area contributed by atoms with Crippen molar-refractivity contribution >= 4 is 5.91 Å². The fourth-order valence-corrected chi connectivity index (χ4v) is 3.17. The summed E-state index contributed by atoms with van der Waals surface area (Å²) < 4.78 is 5.23. The number of amides is 1. The number of aryl methyl sites for hydroxylation is 2. The molecule has 1 saturated heterocycles. The van der Waals surface area contributed by atoms with Crippen LogP contribution in [0.2, 0.25) is 0 Å². The minimum atomic E-state index is 0.0316. The molecule has 3 rings (SSSR count). The number of pyridine rings is 1. The first-order valence-electron chi connectivity index (χ1n) is 7.88. The van der Waals surface area contributed by atoms with Gasteiger partial charge in [-0.05, 0) is 44.2 Å². The van der Waals surface area contributed by atoms with E-state index in [2.05, 4.69) is 10.1 Å². The third-order valence-corrected chi connectivity index (χ3v) is 4.32. The molecule has 0 N–H and O–H groups in total. The fourth-order valence-electron chi connectivity index (χ4n) is 3.17. The topological polar surface area (TPSA) is 59.2 Å². The minimum absolute atomic E-state index is 0.0316. The van der Waals surface area contributed by atoms with Crippen molar-refractivity contribution in [3.63, 3.8) is 0 Å². The van der Waals surface area contributed by atoms with E-state index in [-0.39, 0.29) is 11.9 Å². The fraction of sp³-hybridized carbons (Fsp3) is 0.471. The molecule has 1 fully saturated rings. The molecule has 1 atom stereocenters. The number of hydrogen-bond acceptors (Lipinski definition) is 4. The van der Waals surface area contributed by atoms with E-state index >= 15 is 0 Å². The molecule has 5 heteroatoms. The van der Waals surface area contributed by atoms with E-state index in [4.69, 9.17) is 4.52 Å². The van der Waals surface area contributed by atoms with Crippen LogP contribution in [-0.4, -0.2) is 27.5 Å². The molecule has 1 aliphatic heterocycles. The van der Waals surface area contributed by atoms with Gasteiger partial charge in [0.2, 0.25) is 0 Å².